The number of aromatic nitrogens is 2. The summed E-state index contributed by atoms with van der Waals surface area (Å²) in [7, 11) is -3.81. The molecule has 2 aromatic rings. The molecule has 1 aliphatic rings. The van der Waals surface area contributed by atoms with Crippen LogP contribution in [0.3, 0.4) is 0 Å². The van der Waals surface area contributed by atoms with Crippen molar-refractivity contribution >= 4 is 21.7 Å². The van der Waals surface area contributed by atoms with E-state index in [9.17, 15) is 13.2 Å². The van der Waals surface area contributed by atoms with Gasteiger partial charge in [0.2, 0.25) is 0 Å². The minimum atomic E-state index is -3.81. The van der Waals surface area contributed by atoms with E-state index in [2.05, 4.69) is 15.1 Å². The number of amides is 1. The maximum Gasteiger partial charge on any atom is 0.263 e. The number of hydrogen-bond donors (Lipinski definition) is 2. The smallest absolute Gasteiger partial charge is 0.263 e. The number of nitrogens with zero attached hydrogens (tertiary/aromatic N) is 2. The van der Waals surface area contributed by atoms with Gasteiger partial charge in [-0.15, -0.1) is 0 Å². The number of hydrogen-bond acceptors (Lipinski definition) is 4. The van der Waals surface area contributed by atoms with Crippen molar-refractivity contribution in [3.05, 3.63) is 41.1 Å². The zero-order valence-corrected chi connectivity index (χ0v) is 14.6. The lowest BCUT2D eigenvalue weighted by Gasteiger charge is -2.17. The molecule has 2 heterocycles. The molecule has 128 valence electrons. The van der Waals surface area contributed by atoms with Gasteiger partial charge >= 0.3 is 0 Å². The fraction of sp³-hybridized carbons (Fsp3) is 0.375. The van der Waals surface area contributed by atoms with Crippen LogP contribution < -0.4 is 10.0 Å². The van der Waals surface area contributed by atoms with Crippen LogP contribution in [0.25, 0.3) is 0 Å². The second-order valence-corrected chi connectivity index (χ2v) is 7.82. The average Bonchev–Trinajstić information content (AvgIpc) is 2.87. The summed E-state index contributed by atoms with van der Waals surface area (Å²) in [4.78, 5) is 12.0. The highest BCUT2D eigenvalue weighted by atomic mass is 32.2. The van der Waals surface area contributed by atoms with Crippen LogP contribution in [0.4, 0.5) is 5.82 Å². The molecule has 2 N–H and O–H groups in total. The molecule has 0 fully saturated rings. The number of sulfonamides is 1. The third-order valence-electron chi connectivity index (χ3n) is 3.97. The predicted octanol–water partition coefficient (Wildman–Crippen LogP) is 1.86. The molecular weight excluding hydrogens is 328 g/mol. The summed E-state index contributed by atoms with van der Waals surface area (Å²) in [5, 5.41) is 6.99. The van der Waals surface area contributed by atoms with E-state index in [0.29, 0.717) is 18.5 Å². The Balaban J connectivity index is 1.92. The Kier molecular flexibility index (Phi) is 4.08. The molecule has 0 bridgehead atoms. The Hall–Kier alpha value is -2.35. The quantitative estimate of drug-likeness (QED) is 0.882. The van der Waals surface area contributed by atoms with Crippen molar-refractivity contribution in [2.45, 2.75) is 38.1 Å². The molecule has 3 rings (SSSR count). The summed E-state index contributed by atoms with van der Waals surface area (Å²) in [6.45, 7) is 6.39. The number of carbonyl (C=O) groups excluding carboxylic acids is 1. The Labute approximate surface area is 141 Å². The molecule has 8 heteroatoms. The Morgan fingerprint density at radius 3 is 2.71 bits per heavy atom. The standard InChI is InChI=1S/C16H20N4O3S/c1-10(2)20-11(3)8-15(18-20)19-24(22,23)13-5-4-12-6-7-17-16(21)14(12)9-13/h4-5,8-10H,6-7H2,1-3H3,(H,17,21)(H,18,19). The van der Waals surface area contributed by atoms with Gasteiger partial charge in [0.05, 0.1) is 4.90 Å². The van der Waals surface area contributed by atoms with E-state index in [1.807, 2.05) is 20.8 Å². The fourth-order valence-corrected chi connectivity index (χ4v) is 3.83. The fourth-order valence-electron chi connectivity index (χ4n) is 2.82. The van der Waals surface area contributed by atoms with Gasteiger partial charge in [-0.3, -0.25) is 14.2 Å². The van der Waals surface area contributed by atoms with Crippen LogP contribution in [0, 0.1) is 6.92 Å². The Bertz CT molecular complexity index is 900. The van der Waals surface area contributed by atoms with Gasteiger partial charge < -0.3 is 5.32 Å². The van der Waals surface area contributed by atoms with Gasteiger partial charge in [0.1, 0.15) is 0 Å². The van der Waals surface area contributed by atoms with Crippen molar-refractivity contribution in [3.63, 3.8) is 0 Å². The third-order valence-corrected chi connectivity index (χ3v) is 5.32. The molecule has 1 aromatic heterocycles. The maximum atomic E-state index is 12.6. The van der Waals surface area contributed by atoms with Crippen molar-refractivity contribution in [3.8, 4) is 0 Å². The monoisotopic (exact) mass is 348 g/mol. The van der Waals surface area contributed by atoms with Gasteiger partial charge in [0, 0.05) is 29.9 Å². The van der Waals surface area contributed by atoms with E-state index in [1.165, 1.54) is 12.1 Å². The minimum absolute atomic E-state index is 0.0510. The molecule has 0 saturated heterocycles. The minimum Gasteiger partial charge on any atom is -0.352 e. The van der Waals surface area contributed by atoms with E-state index < -0.39 is 10.0 Å². The second-order valence-electron chi connectivity index (χ2n) is 6.14. The van der Waals surface area contributed by atoms with Crippen molar-refractivity contribution in [1.29, 1.82) is 0 Å². The van der Waals surface area contributed by atoms with Crippen LogP contribution in [0.5, 0.6) is 0 Å². The molecule has 24 heavy (non-hydrogen) atoms. The normalized spacial score (nSPS) is 14.4. The highest BCUT2D eigenvalue weighted by Crippen LogP contribution is 2.22. The zero-order chi connectivity index (χ0) is 17.5. The van der Waals surface area contributed by atoms with Crippen LogP contribution in [0.2, 0.25) is 0 Å². The van der Waals surface area contributed by atoms with Gasteiger partial charge in [-0.25, -0.2) is 8.42 Å². The zero-order valence-electron chi connectivity index (χ0n) is 13.8. The lowest BCUT2D eigenvalue weighted by molar-refractivity contribution is 0.0945. The first-order valence-electron chi connectivity index (χ1n) is 7.78. The van der Waals surface area contributed by atoms with Gasteiger partial charge in [0.15, 0.2) is 5.82 Å². The van der Waals surface area contributed by atoms with Crippen LogP contribution in [0.15, 0.2) is 29.2 Å². The van der Waals surface area contributed by atoms with E-state index >= 15 is 0 Å². The molecule has 1 amide bonds. The van der Waals surface area contributed by atoms with E-state index in [0.717, 1.165) is 11.3 Å². The first-order chi connectivity index (χ1) is 11.3. The number of nitrogens with one attached hydrogen (secondary N) is 2. The van der Waals surface area contributed by atoms with Gasteiger partial charge in [-0.1, -0.05) is 6.07 Å². The lowest BCUT2D eigenvalue weighted by Crippen LogP contribution is -2.32. The van der Waals surface area contributed by atoms with Crippen LogP contribution in [0.1, 0.15) is 41.5 Å². The van der Waals surface area contributed by atoms with Crippen LogP contribution in [-0.2, 0) is 16.4 Å². The van der Waals surface area contributed by atoms with Gasteiger partial charge in [-0.05, 0) is 44.9 Å². The summed E-state index contributed by atoms with van der Waals surface area (Å²) >= 11 is 0. The maximum absolute atomic E-state index is 12.6. The number of benzene rings is 1. The van der Waals surface area contributed by atoms with E-state index in [-0.39, 0.29) is 22.7 Å². The largest absolute Gasteiger partial charge is 0.352 e. The lowest BCUT2D eigenvalue weighted by atomic mass is 10.0. The SMILES string of the molecule is Cc1cc(NS(=O)(=O)c2ccc3c(c2)C(=O)NCC3)nn1C(C)C. The van der Waals surface area contributed by atoms with Crippen molar-refractivity contribution in [2.75, 3.05) is 11.3 Å². The summed E-state index contributed by atoms with van der Waals surface area (Å²) in [5.74, 6) is 0.0246. The molecule has 0 saturated carbocycles. The highest BCUT2D eigenvalue weighted by molar-refractivity contribution is 7.92. The molecule has 7 nitrogen and oxygen atoms in total. The first kappa shape index (κ1) is 16.5. The Morgan fingerprint density at radius 2 is 2.04 bits per heavy atom. The number of carbonyl (C=O) groups is 1. The summed E-state index contributed by atoms with van der Waals surface area (Å²) in [6, 6.07) is 6.45. The number of rotatable bonds is 4. The van der Waals surface area contributed by atoms with E-state index in [1.54, 1.807) is 16.8 Å². The van der Waals surface area contributed by atoms with Crippen molar-refractivity contribution < 1.29 is 13.2 Å². The molecule has 0 unspecified atom stereocenters. The van der Waals surface area contributed by atoms with Gasteiger partial charge in [0.25, 0.3) is 15.9 Å². The molecule has 0 spiro atoms. The van der Waals surface area contributed by atoms with Crippen LogP contribution >= 0.6 is 0 Å². The molecule has 0 atom stereocenters. The molecular formula is C16H20N4O3S. The molecule has 1 aromatic carbocycles. The summed E-state index contributed by atoms with van der Waals surface area (Å²) in [6.07, 6.45) is 0.701. The first-order valence-corrected chi connectivity index (χ1v) is 9.26. The van der Waals surface area contributed by atoms with Crippen molar-refractivity contribution in [2.24, 2.45) is 0 Å². The topological polar surface area (TPSA) is 93.1 Å². The number of anilines is 1. The number of aryl methyl sites for hydroxylation is 1. The van der Waals surface area contributed by atoms with Crippen molar-refractivity contribution in [1.82, 2.24) is 15.1 Å². The molecule has 1 aliphatic heterocycles. The third kappa shape index (κ3) is 3.01. The average molecular weight is 348 g/mol. The number of fused-ring (bicyclic) bond motifs is 1. The summed E-state index contributed by atoms with van der Waals surface area (Å²) < 4.78 is 29.4. The van der Waals surface area contributed by atoms with Crippen LogP contribution in [-0.4, -0.2) is 30.7 Å². The summed E-state index contributed by atoms with van der Waals surface area (Å²) in [5.41, 5.74) is 2.14. The highest BCUT2D eigenvalue weighted by Gasteiger charge is 2.22. The van der Waals surface area contributed by atoms with Gasteiger partial charge in [-0.2, -0.15) is 5.10 Å². The molecule has 0 radical (unpaired) electrons. The Morgan fingerprint density at radius 1 is 1.29 bits per heavy atom. The second kappa shape index (κ2) is 5.94. The molecule has 0 aliphatic carbocycles. The van der Waals surface area contributed by atoms with E-state index in [4.69, 9.17) is 0 Å². The predicted molar refractivity (Wildman–Crippen MR) is 90.6 cm³/mol.